The molecule has 0 fully saturated rings. The van der Waals surface area contributed by atoms with Crippen LogP contribution in [-0.2, 0) is 4.79 Å². The molecule has 0 spiro atoms. The second-order valence-electron chi connectivity index (χ2n) is 4.96. The van der Waals surface area contributed by atoms with E-state index >= 15 is 0 Å². The van der Waals surface area contributed by atoms with Gasteiger partial charge in [0.05, 0.1) is 11.1 Å². The van der Waals surface area contributed by atoms with Gasteiger partial charge in [-0.25, -0.2) is 5.43 Å². The van der Waals surface area contributed by atoms with Crippen LogP contribution in [0, 0.1) is 17.0 Å². The highest BCUT2D eigenvalue weighted by molar-refractivity contribution is 9.10. The molecular weight excluding hydrogens is 414 g/mol. The number of benzene rings is 2. The molecular formula is C16H13BrClN3O4. The van der Waals surface area contributed by atoms with E-state index in [1.807, 2.05) is 13.0 Å². The average molecular weight is 427 g/mol. The number of rotatable bonds is 6. The summed E-state index contributed by atoms with van der Waals surface area (Å²) in [5.74, 6) is 0.0833. The number of hydrazone groups is 1. The third-order valence-corrected chi connectivity index (χ3v) is 4.32. The molecule has 0 atom stereocenters. The Kier molecular flexibility index (Phi) is 6.49. The Morgan fingerprint density at radius 2 is 2.16 bits per heavy atom. The van der Waals surface area contributed by atoms with Gasteiger partial charge in [0, 0.05) is 27.2 Å². The Morgan fingerprint density at radius 3 is 2.84 bits per heavy atom. The predicted molar refractivity (Wildman–Crippen MR) is 98.2 cm³/mol. The lowest BCUT2D eigenvalue weighted by Gasteiger charge is -2.06. The summed E-state index contributed by atoms with van der Waals surface area (Å²) in [6.45, 7) is 1.69. The predicted octanol–water partition coefficient (Wildman–Crippen LogP) is 3.85. The zero-order valence-corrected chi connectivity index (χ0v) is 15.4. The Labute approximate surface area is 156 Å². The summed E-state index contributed by atoms with van der Waals surface area (Å²) in [7, 11) is 0. The van der Waals surface area contributed by atoms with Crippen LogP contribution >= 0.6 is 27.5 Å². The summed E-state index contributed by atoms with van der Waals surface area (Å²) in [4.78, 5) is 21.9. The van der Waals surface area contributed by atoms with Gasteiger partial charge in [0.15, 0.2) is 6.61 Å². The molecule has 130 valence electrons. The number of carbonyl (C=O) groups excluding carboxylic acids is 1. The van der Waals surface area contributed by atoms with E-state index in [0.717, 1.165) is 10.0 Å². The molecule has 0 unspecified atom stereocenters. The number of aryl methyl sites for hydroxylation is 1. The third kappa shape index (κ3) is 5.54. The monoisotopic (exact) mass is 425 g/mol. The zero-order chi connectivity index (χ0) is 18.4. The van der Waals surface area contributed by atoms with Crippen LogP contribution in [0.25, 0.3) is 0 Å². The molecule has 2 aromatic rings. The van der Waals surface area contributed by atoms with Crippen LogP contribution in [0.2, 0.25) is 5.02 Å². The molecule has 0 saturated heterocycles. The Balaban J connectivity index is 1.91. The number of ether oxygens (including phenoxy) is 1. The van der Waals surface area contributed by atoms with Gasteiger partial charge in [0.25, 0.3) is 11.6 Å². The highest BCUT2D eigenvalue weighted by atomic mass is 79.9. The first kappa shape index (κ1) is 18.9. The van der Waals surface area contributed by atoms with Gasteiger partial charge < -0.3 is 4.74 Å². The number of non-ortho nitro benzene ring substituents is 1. The number of amides is 1. The van der Waals surface area contributed by atoms with Gasteiger partial charge in [0.2, 0.25) is 0 Å². The summed E-state index contributed by atoms with van der Waals surface area (Å²) in [6.07, 6.45) is 1.23. The van der Waals surface area contributed by atoms with E-state index in [9.17, 15) is 14.9 Å². The molecule has 0 radical (unpaired) electrons. The van der Waals surface area contributed by atoms with Crippen molar-refractivity contribution in [2.75, 3.05) is 6.61 Å². The smallest absolute Gasteiger partial charge is 0.277 e. The summed E-state index contributed by atoms with van der Waals surface area (Å²) >= 11 is 9.31. The van der Waals surface area contributed by atoms with Gasteiger partial charge >= 0.3 is 0 Å². The summed E-state index contributed by atoms with van der Waals surface area (Å²) in [6, 6.07) is 9.29. The van der Waals surface area contributed by atoms with E-state index in [1.54, 1.807) is 12.1 Å². The highest BCUT2D eigenvalue weighted by Crippen LogP contribution is 2.22. The Hall–Kier alpha value is -2.45. The molecule has 0 aromatic heterocycles. The van der Waals surface area contributed by atoms with Gasteiger partial charge in [0.1, 0.15) is 5.75 Å². The number of hydrogen-bond donors (Lipinski definition) is 1. The van der Waals surface area contributed by atoms with Gasteiger partial charge in [-0.15, -0.1) is 0 Å². The maximum absolute atomic E-state index is 11.7. The van der Waals surface area contributed by atoms with E-state index < -0.39 is 10.8 Å². The lowest BCUT2D eigenvalue weighted by molar-refractivity contribution is -0.384. The van der Waals surface area contributed by atoms with E-state index in [4.69, 9.17) is 16.3 Å². The van der Waals surface area contributed by atoms with E-state index in [0.29, 0.717) is 11.3 Å². The van der Waals surface area contributed by atoms with E-state index in [2.05, 4.69) is 26.5 Å². The first-order valence-corrected chi connectivity index (χ1v) is 8.18. The van der Waals surface area contributed by atoms with Crippen LogP contribution in [0.5, 0.6) is 5.75 Å². The largest absolute Gasteiger partial charge is 0.484 e. The molecule has 2 rings (SSSR count). The fourth-order valence-corrected chi connectivity index (χ4v) is 2.22. The molecule has 1 amide bonds. The standard InChI is InChI=1S/C16H13BrClN3O4/c1-10-6-13(3-4-14(10)17)25-9-16(22)20-19-8-11-7-12(21(23)24)2-5-15(11)18/h2-8H,9H2,1H3,(H,20,22)/b19-8+. The van der Waals surface area contributed by atoms with Gasteiger partial charge in [-0.3, -0.25) is 14.9 Å². The number of carbonyl (C=O) groups is 1. The number of nitro benzene ring substituents is 1. The minimum absolute atomic E-state index is 0.119. The van der Waals surface area contributed by atoms with Crippen molar-refractivity contribution in [1.82, 2.24) is 5.43 Å². The van der Waals surface area contributed by atoms with Gasteiger partial charge in [-0.05, 0) is 36.8 Å². The van der Waals surface area contributed by atoms with Crippen LogP contribution in [0.15, 0.2) is 46.0 Å². The van der Waals surface area contributed by atoms with Crippen molar-refractivity contribution in [3.8, 4) is 5.75 Å². The van der Waals surface area contributed by atoms with Crippen LogP contribution in [0.1, 0.15) is 11.1 Å². The molecule has 2 aromatic carbocycles. The van der Waals surface area contributed by atoms with Gasteiger partial charge in [-0.1, -0.05) is 27.5 Å². The summed E-state index contributed by atoms with van der Waals surface area (Å²) < 4.78 is 6.31. The lowest BCUT2D eigenvalue weighted by atomic mass is 10.2. The molecule has 0 aliphatic rings. The maximum Gasteiger partial charge on any atom is 0.277 e. The molecule has 0 aliphatic carbocycles. The normalized spacial score (nSPS) is 10.7. The second-order valence-corrected chi connectivity index (χ2v) is 6.22. The number of halogens is 2. The van der Waals surface area contributed by atoms with Crippen molar-refractivity contribution in [3.05, 3.63) is 67.1 Å². The van der Waals surface area contributed by atoms with Gasteiger partial charge in [-0.2, -0.15) is 5.10 Å². The zero-order valence-electron chi connectivity index (χ0n) is 13.0. The minimum Gasteiger partial charge on any atom is -0.484 e. The molecule has 7 nitrogen and oxygen atoms in total. The lowest BCUT2D eigenvalue weighted by Crippen LogP contribution is -2.24. The van der Waals surface area contributed by atoms with Crippen molar-refractivity contribution in [2.45, 2.75) is 6.92 Å². The molecule has 9 heteroatoms. The fraction of sp³-hybridized carbons (Fsp3) is 0.125. The van der Waals surface area contributed by atoms with Crippen molar-refractivity contribution in [3.63, 3.8) is 0 Å². The quantitative estimate of drug-likeness (QED) is 0.431. The first-order chi connectivity index (χ1) is 11.9. The van der Waals surface area contributed by atoms with Crippen molar-refractivity contribution >= 4 is 45.3 Å². The minimum atomic E-state index is -0.541. The third-order valence-electron chi connectivity index (χ3n) is 3.08. The van der Waals surface area contributed by atoms with Crippen LogP contribution < -0.4 is 10.2 Å². The van der Waals surface area contributed by atoms with Crippen molar-refractivity contribution in [1.29, 1.82) is 0 Å². The van der Waals surface area contributed by atoms with Crippen LogP contribution in [0.4, 0.5) is 5.69 Å². The Morgan fingerprint density at radius 1 is 1.40 bits per heavy atom. The molecule has 0 saturated carbocycles. The van der Waals surface area contributed by atoms with Crippen LogP contribution in [-0.4, -0.2) is 23.7 Å². The van der Waals surface area contributed by atoms with E-state index in [1.165, 1.54) is 24.4 Å². The molecule has 0 aliphatic heterocycles. The number of nitrogens with one attached hydrogen (secondary N) is 1. The number of nitrogens with zero attached hydrogens (tertiary/aromatic N) is 2. The molecule has 25 heavy (non-hydrogen) atoms. The van der Waals surface area contributed by atoms with Crippen molar-refractivity contribution < 1.29 is 14.5 Å². The maximum atomic E-state index is 11.7. The molecule has 1 N–H and O–H groups in total. The molecule has 0 heterocycles. The molecule has 0 bridgehead atoms. The average Bonchev–Trinajstić information content (AvgIpc) is 2.57. The SMILES string of the molecule is Cc1cc(OCC(=O)N/N=C/c2cc([N+](=O)[O-])ccc2Cl)ccc1Br. The Bertz CT molecular complexity index is 842. The van der Waals surface area contributed by atoms with Crippen molar-refractivity contribution in [2.24, 2.45) is 5.10 Å². The topological polar surface area (TPSA) is 93.8 Å². The van der Waals surface area contributed by atoms with E-state index in [-0.39, 0.29) is 17.3 Å². The fourth-order valence-electron chi connectivity index (χ4n) is 1.81. The summed E-state index contributed by atoms with van der Waals surface area (Å²) in [5, 5.41) is 14.8. The first-order valence-electron chi connectivity index (χ1n) is 7.01. The summed E-state index contributed by atoms with van der Waals surface area (Å²) in [5.41, 5.74) is 3.45. The number of nitro groups is 1. The number of hydrogen-bond acceptors (Lipinski definition) is 5. The van der Waals surface area contributed by atoms with Crippen LogP contribution in [0.3, 0.4) is 0 Å². The second kappa shape index (κ2) is 8.59. The highest BCUT2D eigenvalue weighted by Gasteiger charge is 2.08.